The first-order valence-corrected chi connectivity index (χ1v) is 6.93. The standard InChI is InChI=1S/C13H27NOS/c1-4-5-6-7-8-9-10-11-12-15-13(16)14(2)3/h4-12H2,1-3H3. The smallest absolute Gasteiger partial charge is 0.258 e. The fraction of sp³-hybridized carbons (Fsp3) is 0.923. The van der Waals surface area contributed by atoms with Gasteiger partial charge in [-0.1, -0.05) is 51.9 Å². The maximum Gasteiger partial charge on any atom is 0.258 e. The Labute approximate surface area is 106 Å². The maximum absolute atomic E-state index is 5.41. The second kappa shape index (κ2) is 11.2. The van der Waals surface area contributed by atoms with Crippen molar-refractivity contribution in [2.75, 3.05) is 20.7 Å². The Kier molecular flexibility index (Phi) is 11.0. The van der Waals surface area contributed by atoms with Crippen molar-refractivity contribution in [3.05, 3.63) is 0 Å². The largest absolute Gasteiger partial charge is 0.471 e. The third-order valence-corrected chi connectivity index (χ3v) is 3.07. The Bertz CT molecular complexity index is 171. The molecule has 0 aliphatic heterocycles. The lowest BCUT2D eigenvalue weighted by Crippen LogP contribution is -2.22. The van der Waals surface area contributed by atoms with Crippen LogP contribution < -0.4 is 0 Å². The van der Waals surface area contributed by atoms with Gasteiger partial charge in [0.1, 0.15) is 0 Å². The van der Waals surface area contributed by atoms with Crippen molar-refractivity contribution in [3.63, 3.8) is 0 Å². The second-order valence-electron chi connectivity index (χ2n) is 4.48. The van der Waals surface area contributed by atoms with Crippen molar-refractivity contribution in [2.24, 2.45) is 0 Å². The van der Waals surface area contributed by atoms with E-state index in [0.29, 0.717) is 5.17 Å². The SMILES string of the molecule is CCCCCCCCCCOC(=S)N(C)C. The lowest BCUT2D eigenvalue weighted by atomic mass is 10.1. The van der Waals surface area contributed by atoms with E-state index < -0.39 is 0 Å². The van der Waals surface area contributed by atoms with Gasteiger partial charge in [0.05, 0.1) is 6.61 Å². The molecule has 0 rings (SSSR count). The van der Waals surface area contributed by atoms with Crippen molar-refractivity contribution >= 4 is 17.4 Å². The summed E-state index contributed by atoms with van der Waals surface area (Å²) >= 11 is 5.03. The van der Waals surface area contributed by atoms with Crippen LogP contribution in [0.4, 0.5) is 0 Å². The molecule has 0 aromatic rings. The third kappa shape index (κ3) is 10.2. The summed E-state index contributed by atoms with van der Waals surface area (Å²) in [5, 5.41) is 0.600. The van der Waals surface area contributed by atoms with E-state index in [1.54, 1.807) is 0 Å². The van der Waals surface area contributed by atoms with Gasteiger partial charge >= 0.3 is 0 Å². The van der Waals surface area contributed by atoms with E-state index >= 15 is 0 Å². The van der Waals surface area contributed by atoms with Gasteiger partial charge in [-0.15, -0.1) is 0 Å². The van der Waals surface area contributed by atoms with E-state index in [4.69, 9.17) is 17.0 Å². The third-order valence-electron chi connectivity index (χ3n) is 2.59. The van der Waals surface area contributed by atoms with E-state index in [0.717, 1.165) is 13.0 Å². The van der Waals surface area contributed by atoms with Crippen molar-refractivity contribution in [1.82, 2.24) is 4.90 Å². The van der Waals surface area contributed by atoms with Gasteiger partial charge in [-0.3, -0.25) is 0 Å². The average molecular weight is 245 g/mol. The second-order valence-corrected chi connectivity index (χ2v) is 4.83. The van der Waals surface area contributed by atoms with Crippen molar-refractivity contribution < 1.29 is 4.74 Å². The normalized spacial score (nSPS) is 10.2. The molecular formula is C13H27NOS. The molecule has 0 radical (unpaired) electrons. The highest BCUT2D eigenvalue weighted by atomic mass is 32.1. The van der Waals surface area contributed by atoms with Crippen LogP contribution in [0.3, 0.4) is 0 Å². The fourth-order valence-corrected chi connectivity index (χ4v) is 1.61. The van der Waals surface area contributed by atoms with Gasteiger partial charge in [0.2, 0.25) is 0 Å². The van der Waals surface area contributed by atoms with Gasteiger partial charge in [0, 0.05) is 14.1 Å². The molecule has 3 heteroatoms. The van der Waals surface area contributed by atoms with Crippen LogP contribution in [0.2, 0.25) is 0 Å². The lowest BCUT2D eigenvalue weighted by molar-refractivity contribution is 0.260. The Balaban J connectivity index is 3.07. The first-order valence-electron chi connectivity index (χ1n) is 6.52. The molecule has 0 aromatic heterocycles. The van der Waals surface area contributed by atoms with Crippen LogP contribution in [-0.4, -0.2) is 30.8 Å². The zero-order chi connectivity index (χ0) is 12.2. The van der Waals surface area contributed by atoms with E-state index in [2.05, 4.69) is 6.92 Å². The van der Waals surface area contributed by atoms with Crippen LogP contribution in [0.5, 0.6) is 0 Å². The zero-order valence-corrected chi connectivity index (χ0v) is 11.9. The molecule has 0 aromatic carbocycles. The summed E-state index contributed by atoms with van der Waals surface area (Å²) in [6, 6.07) is 0. The number of hydrogen-bond acceptors (Lipinski definition) is 2. The molecule has 0 amide bonds. The monoisotopic (exact) mass is 245 g/mol. The minimum Gasteiger partial charge on any atom is -0.471 e. The van der Waals surface area contributed by atoms with Crippen LogP contribution >= 0.6 is 12.2 Å². The summed E-state index contributed by atoms with van der Waals surface area (Å²) in [6.45, 7) is 3.02. The van der Waals surface area contributed by atoms with E-state index in [9.17, 15) is 0 Å². The fourth-order valence-electron chi connectivity index (χ4n) is 1.52. The van der Waals surface area contributed by atoms with Crippen molar-refractivity contribution in [3.8, 4) is 0 Å². The van der Waals surface area contributed by atoms with Gasteiger partial charge in [-0.2, -0.15) is 0 Å². The molecule has 0 atom stereocenters. The predicted molar refractivity (Wildman–Crippen MR) is 74.8 cm³/mol. The molecule has 0 aliphatic rings. The molecule has 0 unspecified atom stereocenters. The Morgan fingerprint density at radius 1 is 0.938 bits per heavy atom. The Morgan fingerprint density at radius 3 is 1.94 bits per heavy atom. The van der Waals surface area contributed by atoms with Crippen LogP contribution in [0.1, 0.15) is 58.3 Å². The molecular weight excluding hydrogens is 218 g/mol. The molecule has 0 saturated carbocycles. The van der Waals surface area contributed by atoms with Crippen LogP contribution in [0, 0.1) is 0 Å². The molecule has 2 nitrogen and oxygen atoms in total. The Morgan fingerprint density at radius 2 is 1.44 bits per heavy atom. The van der Waals surface area contributed by atoms with Crippen molar-refractivity contribution in [1.29, 1.82) is 0 Å². The minimum atomic E-state index is 0.600. The molecule has 0 aliphatic carbocycles. The molecule has 0 N–H and O–H groups in total. The van der Waals surface area contributed by atoms with Gasteiger partial charge in [0.25, 0.3) is 5.17 Å². The number of thiocarbonyl (C=S) groups is 1. The summed E-state index contributed by atoms with van der Waals surface area (Å²) in [7, 11) is 3.83. The van der Waals surface area contributed by atoms with Gasteiger partial charge in [-0.25, -0.2) is 0 Å². The topological polar surface area (TPSA) is 12.5 Å². The number of hydrogen-bond donors (Lipinski definition) is 0. The van der Waals surface area contributed by atoms with E-state index in [1.165, 1.54) is 44.9 Å². The highest BCUT2D eigenvalue weighted by Gasteiger charge is 1.98. The van der Waals surface area contributed by atoms with Gasteiger partial charge < -0.3 is 9.64 Å². The Hall–Kier alpha value is -0.310. The summed E-state index contributed by atoms with van der Waals surface area (Å²) in [5.41, 5.74) is 0. The average Bonchev–Trinajstić information content (AvgIpc) is 2.26. The molecule has 96 valence electrons. The molecule has 0 spiro atoms. The van der Waals surface area contributed by atoms with E-state index in [-0.39, 0.29) is 0 Å². The summed E-state index contributed by atoms with van der Waals surface area (Å²) < 4.78 is 5.41. The van der Waals surface area contributed by atoms with Crippen LogP contribution in [-0.2, 0) is 4.74 Å². The molecule has 16 heavy (non-hydrogen) atoms. The quantitative estimate of drug-likeness (QED) is 0.450. The first kappa shape index (κ1) is 15.7. The number of ether oxygens (including phenoxy) is 1. The number of rotatable bonds is 9. The summed E-state index contributed by atoms with van der Waals surface area (Å²) in [5.74, 6) is 0. The first-order chi connectivity index (χ1) is 7.68. The van der Waals surface area contributed by atoms with E-state index in [1.807, 2.05) is 19.0 Å². The zero-order valence-electron chi connectivity index (χ0n) is 11.1. The summed E-state index contributed by atoms with van der Waals surface area (Å²) in [6.07, 6.45) is 10.6. The molecule has 0 saturated heterocycles. The lowest BCUT2D eigenvalue weighted by Gasteiger charge is -2.14. The maximum atomic E-state index is 5.41. The highest BCUT2D eigenvalue weighted by molar-refractivity contribution is 7.80. The number of nitrogens with zero attached hydrogens (tertiary/aromatic N) is 1. The van der Waals surface area contributed by atoms with Crippen LogP contribution in [0.25, 0.3) is 0 Å². The molecule has 0 fully saturated rings. The van der Waals surface area contributed by atoms with Gasteiger partial charge in [-0.05, 0) is 18.6 Å². The van der Waals surface area contributed by atoms with Gasteiger partial charge in [0.15, 0.2) is 0 Å². The summed E-state index contributed by atoms with van der Waals surface area (Å²) in [4.78, 5) is 1.83. The highest BCUT2D eigenvalue weighted by Crippen LogP contribution is 2.08. The van der Waals surface area contributed by atoms with Crippen molar-refractivity contribution in [2.45, 2.75) is 58.3 Å². The van der Waals surface area contributed by atoms with Crippen LogP contribution in [0.15, 0.2) is 0 Å². The minimum absolute atomic E-state index is 0.600. The molecule has 0 bridgehead atoms. The number of unbranched alkanes of at least 4 members (excludes halogenated alkanes) is 7. The predicted octanol–water partition coefficient (Wildman–Crippen LogP) is 3.99. The molecule has 0 heterocycles.